The van der Waals surface area contributed by atoms with Crippen LogP contribution in [0, 0.1) is 0 Å². The third-order valence-electron chi connectivity index (χ3n) is 6.50. The van der Waals surface area contributed by atoms with Gasteiger partial charge in [-0.15, -0.1) is 0 Å². The van der Waals surface area contributed by atoms with Crippen molar-refractivity contribution in [2.75, 3.05) is 32.1 Å². The Hall–Kier alpha value is -4.18. The minimum atomic E-state index is -0.594. The molecule has 1 aliphatic rings. The summed E-state index contributed by atoms with van der Waals surface area (Å²) in [6.45, 7) is 4.02. The summed E-state index contributed by atoms with van der Waals surface area (Å²) < 4.78 is 12.7. The van der Waals surface area contributed by atoms with Crippen LogP contribution in [-0.2, 0) is 11.8 Å². The number of piperidine rings is 1. The highest BCUT2D eigenvalue weighted by Gasteiger charge is 2.19. The van der Waals surface area contributed by atoms with Crippen molar-refractivity contribution in [3.63, 3.8) is 0 Å². The first kappa shape index (κ1) is 24.5. The van der Waals surface area contributed by atoms with E-state index in [2.05, 4.69) is 32.2 Å². The maximum absolute atomic E-state index is 12.3. The van der Waals surface area contributed by atoms with Gasteiger partial charge in [-0.05, 0) is 68.3 Å². The van der Waals surface area contributed by atoms with Crippen molar-refractivity contribution in [2.45, 2.75) is 25.9 Å². The number of carbonyl (C=O) groups is 1. The molecule has 5 rings (SSSR count). The number of rotatable bonds is 6. The predicted molar refractivity (Wildman–Crippen MR) is 142 cm³/mol. The Balaban J connectivity index is 1.51. The molecule has 4 aromatic rings. The van der Waals surface area contributed by atoms with Gasteiger partial charge in [0.05, 0.1) is 29.5 Å². The van der Waals surface area contributed by atoms with Crippen LogP contribution in [0.2, 0.25) is 0 Å². The van der Waals surface area contributed by atoms with Gasteiger partial charge >= 0.3 is 6.09 Å². The highest BCUT2D eigenvalue weighted by atomic mass is 16.5. The molecule has 4 heterocycles. The lowest BCUT2D eigenvalue weighted by atomic mass is 10.0. The highest BCUT2D eigenvalue weighted by Crippen LogP contribution is 2.33. The molecule has 1 fully saturated rings. The molecule has 1 aromatic carbocycles. The number of imidazole rings is 1. The molecule has 0 radical (unpaired) electrons. The third-order valence-corrected chi connectivity index (χ3v) is 6.50. The van der Waals surface area contributed by atoms with E-state index in [1.165, 1.54) is 4.57 Å². The first-order valence-electron chi connectivity index (χ1n) is 12.4. The zero-order valence-electron chi connectivity index (χ0n) is 21.2. The Morgan fingerprint density at radius 3 is 2.65 bits per heavy atom. The average molecular weight is 503 g/mol. The minimum absolute atomic E-state index is 0.109. The van der Waals surface area contributed by atoms with E-state index in [0.29, 0.717) is 16.7 Å². The van der Waals surface area contributed by atoms with Gasteiger partial charge in [-0.2, -0.15) is 0 Å². The number of ether oxygens (including phenoxy) is 2. The first-order chi connectivity index (χ1) is 17.9. The molecular weight excluding hydrogens is 472 g/mol. The van der Waals surface area contributed by atoms with Crippen LogP contribution in [0.1, 0.15) is 19.8 Å². The Kier molecular flexibility index (Phi) is 6.91. The summed E-state index contributed by atoms with van der Waals surface area (Å²) in [5.74, 6) is 0.988. The zero-order valence-corrected chi connectivity index (χ0v) is 21.2. The first-order valence-corrected chi connectivity index (χ1v) is 12.4. The standard InChI is InChI=1S/C27H30N6O4/c1-4-36-27(35)31-26-29-23-14-18(17-7-12-33(3)24(34)15-17)13-21(25(23)30-26)22-6-5-20(16-28-22)37-19-8-10-32(2)11-9-19/h5-7,12-16,19H,4,8-11H2,1-3H3,(H2,29,30,31,35). The van der Waals surface area contributed by atoms with E-state index in [-0.39, 0.29) is 24.2 Å². The molecule has 3 aromatic heterocycles. The second-order valence-electron chi connectivity index (χ2n) is 9.22. The monoisotopic (exact) mass is 502 g/mol. The fraction of sp³-hybridized carbons (Fsp3) is 0.333. The molecule has 0 unspecified atom stereocenters. The van der Waals surface area contributed by atoms with Gasteiger partial charge in [0.2, 0.25) is 5.95 Å². The van der Waals surface area contributed by atoms with Gasteiger partial charge in [0.25, 0.3) is 5.56 Å². The number of carbonyl (C=O) groups excluding carboxylic acids is 1. The number of aryl methyl sites for hydroxylation is 1. The second-order valence-corrected chi connectivity index (χ2v) is 9.22. The van der Waals surface area contributed by atoms with Gasteiger partial charge in [-0.25, -0.2) is 9.78 Å². The summed E-state index contributed by atoms with van der Waals surface area (Å²) in [7, 11) is 3.83. The lowest BCUT2D eigenvalue weighted by Crippen LogP contribution is -2.35. The third kappa shape index (κ3) is 5.49. The molecular formula is C27H30N6O4. The van der Waals surface area contributed by atoms with E-state index in [1.807, 2.05) is 30.3 Å². The van der Waals surface area contributed by atoms with Gasteiger partial charge in [-0.3, -0.25) is 15.1 Å². The number of fused-ring (bicyclic) bond motifs is 1. The molecule has 37 heavy (non-hydrogen) atoms. The molecule has 1 amide bonds. The van der Waals surface area contributed by atoms with Crippen LogP contribution in [0.5, 0.6) is 5.75 Å². The van der Waals surface area contributed by atoms with Crippen LogP contribution < -0.4 is 15.6 Å². The van der Waals surface area contributed by atoms with E-state index in [0.717, 1.165) is 48.4 Å². The molecule has 1 aliphatic heterocycles. The van der Waals surface area contributed by atoms with Gasteiger partial charge in [0.15, 0.2) is 0 Å². The number of aromatic amines is 1. The number of hydrogen-bond donors (Lipinski definition) is 2. The van der Waals surface area contributed by atoms with Gasteiger partial charge in [0.1, 0.15) is 11.9 Å². The quantitative estimate of drug-likeness (QED) is 0.409. The molecule has 192 valence electrons. The number of likely N-dealkylation sites (tertiary alicyclic amines) is 1. The largest absolute Gasteiger partial charge is 0.489 e. The van der Waals surface area contributed by atoms with Crippen molar-refractivity contribution >= 4 is 23.1 Å². The van der Waals surface area contributed by atoms with Crippen LogP contribution in [0.4, 0.5) is 10.7 Å². The van der Waals surface area contributed by atoms with Gasteiger partial charge in [-0.1, -0.05) is 0 Å². The maximum atomic E-state index is 12.3. The van der Waals surface area contributed by atoms with Crippen LogP contribution in [0.25, 0.3) is 33.4 Å². The van der Waals surface area contributed by atoms with E-state index >= 15 is 0 Å². The molecule has 0 bridgehead atoms. The molecule has 1 saturated heterocycles. The molecule has 0 spiro atoms. The predicted octanol–water partition coefficient (Wildman–Crippen LogP) is 4.03. The van der Waals surface area contributed by atoms with Crippen molar-refractivity contribution in [1.82, 2.24) is 24.4 Å². The number of anilines is 1. The average Bonchev–Trinajstić information content (AvgIpc) is 3.29. The number of benzene rings is 1. The fourth-order valence-electron chi connectivity index (χ4n) is 4.44. The van der Waals surface area contributed by atoms with Crippen LogP contribution in [0.15, 0.2) is 53.6 Å². The fourth-order valence-corrected chi connectivity index (χ4v) is 4.44. The Bertz CT molecular complexity index is 1470. The van der Waals surface area contributed by atoms with E-state index < -0.39 is 6.09 Å². The van der Waals surface area contributed by atoms with Gasteiger partial charge in [0, 0.05) is 38.0 Å². The summed E-state index contributed by atoms with van der Waals surface area (Å²) in [4.78, 5) is 39.0. The maximum Gasteiger partial charge on any atom is 0.413 e. The van der Waals surface area contributed by atoms with E-state index in [1.54, 1.807) is 32.4 Å². The smallest absolute Gasteiger partial charge is 0.413 e. The number of aromatic nitrogens is 4. The number of amides is 1. The summed E-state index contributed by atoms with van der Waals surface area (Å²) in [5.41, 5.74) is 4.25. The number of nitrogens with one attached hydrogen (secondary N) is 2. The number of H-pyrrole nitrogens is 1. The second kappa shape index (κ2) is 10.4. The summed E-state index contributed by atoms with van der Waals surface area (Å²) in [6, 6.07) is 11.1. The molecule has 10 nitrogen and oxygen atoms in total. The normalized spacial score (nSPS) is 14.6. The van der Waals surface area contributed by atoms with Crippen LogP contribution >= 0.6 is 0 Å². The van der Waals surface area contributed by atoms with Gasteiger partial charge < -0.3 is 23.9 Å². The Morgan fingerprint density at radius 1 is 1.14 bits per heavy atom. The highest BCUT2D eigenvalue weighted by molar-refractivity contribution is 5.97. The zero-order chi connectivity index (χ0) is 25.9. The van der Waals surface area contributed by atoms with Crippen molar-refractivity contribution in [3.8, 4) is 28.1 Å². The molecule has 0 saturated carbocycles. The molecule has 2 N–H and O–H groups in total. The van der Waals surface area contributed by atoms with E-state index in [4.69, 9.17) is 9.47 Å². The van der Waals surface area contributed by atoms with Crippen molar-refractivity contribution in [3.05, 3.63) is 59.1 Å². The summed E-state index contributed by atoms with van der Waals surface area (Å²) >= 11 is 0. The van der Waals surface area contributed by atoms with Crippen LogP contribution in [0.3, 0.4) is 0 Å². The minimum Gasteiger partial charge on any atom is -0.489 e. The topological polar surface area (TPSA) is 114 Å². The SMILES string of the molecule is CCOC(=O)Nc1nc2c(-c3ccc(OC4CCN(C)CC4)cn3)cc(-c3ccn(C)c(=O)c3)cc2[nH]1. The molecule has 0 aliphatic carbocycles. The van der Waals surface area contributed by atoms with Crippen molar-refractivity contribution < 1.29 is 14.3 Å². The lowest BCUT2D eigenvalue weighted by Gasteiger charge is -2.29. The Labute approximate surface area is 214 Å². The molecule has 10 heteroatoms. The number of pyridine rings is 2. The van der Waals surface area contributed by atoms with Crippen LogP contribution in [-0.4, -0.2) is 63.4 Å². The Morgan fingerprint density at radius 2 is 1.95 bits per heavy atom. The number of hydrogen-bond acceptors (Lipinski definition) is 7. The molecule has 0 atom stereocenters. The van der Waals surface area contributed by atoms with Crippen molar-refractivity contribution in [2.24, 2.45) is 7.05 Å². The van der Waals surface area contributed by atoms with E-state index in [9.17, 15) is 9.59 Å². The lowest BCUT2D eigenvalue weighted by molar-refractivity contribution is 0.114. The van der Waals surface area contributed by atoms with Crippen molar-refractivity contribution in [1.29, 1.82) is 0 Å². The number of nitrogens with zero attached hydrogens (tertiary/aromatic N) is 4. The summed E-state index contributed by atoms with van der Waals surface area (Å²) in [6.07, 6.45) is 5.03. The summed E-state index contributed by atoms with van der Waals surface area (Å²) in [5, 5.41) is 2.62.